The highest BCUT2D eigenvalue weighted by atomic mass is 16.5. The van der Waals surface area contributed by atoms with E-state index in [1.807, 2.05) is 12.2 Å². The second kappa shape index (κ2) is 8.35. The van der Waals surface area contributed by atoms with E-state index >= 15 is 0 Å². The third kappa shape index (κ3) is 3.61. The highest BCUT2D eigenvalue weighted by molar-refractivity contribution is 5.84. The van der Waals surface area contributed by atoms with Gasteiger partial charge >= 0.3 is 0 Å². The van der Waals surface area contributed by atoms with Crippen LogP contribution in [-0.2, 0) is 9.53 Å². The molecule has 9 atom stereocenters. The van der Waals surface area contributed by atoms with Crippen molar-refractivity contribution in [1.29, 1.82) is 0 Å². The Bertz CT molecular complexity index is 689. The summed E-state index contributed by atoms with van der Waals surface area (Å²) in [5.74, 6) is 3.31. The van der Waals surface area contributed by atoms with Crippen molar-refractivity contribution >= 4 is 5.78 Å². The molecular formula is C25H43N3O3. The van der Waals surface area contributed by atoms with Gasteiger partial charge in [0.25, 0.3) is 0 Å². The fourth-order valence-electron chi connectivity index (χ4n) is 9.08. The number of aliphatic hydroxyl groups excluding tert-OH is 1. The molecule has 1 aliphatic heterocycles. The van der Waals surface area contributed by atoms with Gasteiger partial charge in [0.1, 0.15) is 0 Å². The number of ether oxygens (including phenoxy) is 1. The lowest BCUT2D eigenvalue weighted by molar-refractivity contribution is -0.161. The topological polar surface area (TPSA) is 73.8 Å². The molecule has 0 aromatic heterocycles. The fraction of sp³-hybridized carbons (Fsp3) is 0.960. The van der Waals surface area contributed by atoms with E-state index in [1.165, 1.54) is 32.1 Å². The second-order valence-electron chi connectivity index (χ2n) is 11.9. The highest BCUT2D eigenvalue weighted by Crippen LogP contribution is 2.67. The fourth-order valence-corrected chi connectivity index (χ4v) is 9.08. The first-order chi connectivity index (χ1) is 14.9. The molecule has 0 spiro atoms. The molecule has 176 valence electrons. The second-order valence-corrected chi connectivity index (χ2v) is 11.9. The van der Waals surface area contributed by atoms with Gasteiger partial charge in [-0.1, -0.05) is 6.92 Å². The molecule has 0 aromatic rings. The van der Waals surface area contributed by atoms with E-state index in [2.05, 4.69) is 24.7 Å². The van der Waals surface area contributed by atoms with Crippen LogP contribution in [0.15, 0.2) is 0 Å². The van der Waals surface area contributed by atoms with Crippen LogP contribution < -0.4 is 10.9 Å². The molecule has 5 fully saturated rings. The van der Waals surface area contributed by atoms with Gasteiger partial charge in [0, 0.05) is 25.6 Å². The van der Waals surface area contributed by atoms with Crippen LogP contribution >= 0.6 is 0 Å². The molecule has 4 saturated carbocycles. The zero-order chi connectivity index (χ0) is 21.8. The molecule has 0 amide bonds. The summed E-state index contributed by atoms with van der Waals surface area (Å²) in [5.41, 5.74) is 7.07. The summed E-state index contributed by atoms with van der Waals surface area (Å²) >= 11 is 0. The first-order valence-corrected chi connectivity index (χ1v) is 12.8. The smallest absolute Gasteiger partial charge is 0.153 e. The van der Waals surface area contributed by atoms with E-state index in [-0.39, 0.29) is 22.9 Å². The lowest BCUT2D eigenvalue weighted by Crippen LogP contribution is -2.57. The van der Waals surface area contributed by atoms with E-state index < -0.39 is 0 Å². The molecule has 6 heteroatoms. The van der Waals surface area contributed by atoms with Crippen LogP contribution in [0.2, 0.25) is 0 Å². The van der Waals surface area contributed by atoms with Gasteiger partial charge < -0.3 is 9.84 Å². The Hall–Kier alpha value is -0.530. The number of hydrazine groups is 2. The molecule has 5 aliphatic rings. The number of hydrogen-bond donors (Lipinski definition) is 3. The van der Waals surface area contributed by atoms with E-state index in [0.717, 1.165) is 44.8 Å². The van der Waals surface area contributed by atoms with Crippen molar-refractivity contribution in [2.75, 3.05) is 26.8 Å². The quantitative estimate of drug-likeness (QED) is 0.619. The number of rotatable bonds is 5. The van der Waals surface area contributed by atoms with Crippen LogP contribution in [0, 0.1) is 40.4 Å². The van der Waals surface area contributed by atoms with Crippen molar-refractivity contribution in [3.63, 3.8) is 0 Å². The number of Topliss-reactive ketones (excluding diaryl/α,β-unsaturated/α-hetero) is 1. The van der Waals surface area contributed by atoms with Gasteiger partial charge in [-0.05, 0) is 99.2 Å². The number of ketones is 1. The Morgan fingerprint density at radius 3 is 2.71 bits per heavy atom. The van der Waals surface area contributed by atoms with Crippen LogP contribution in [0.25, 0.3) is 0 Å². The molecule has 3 N–H and O–H groups in total. The SMILES string of the molecule is COC[C@]12CC[C@@H](O)C[C@@H]1CC[C@H]1[C@@H]3CC[C@H](C(=O)CN4NCC(C)N4)[C@@]3(C)CC[C@@H]12. The number of nitrogens with one attached hydrogen (secondary N) is 2. The molecule has 31 heavy (non-hydrogen) atoms. The minimum Gasteiger partial charge on any atom is -0.393 e. The summed E-state index contributed by atoms with van der Waals surface area (Å²) in [5, 5.41) is 12.3. The van der Waals surface area contributed by atoms with Crippen molar-refractivity contribution in [2.45, 2.75) is 83.8 Å². The Labute approximate surface area is 187 Å². The van der Waals surface area contributed by atoms with Gasteiger partial charge in [0.15, 0.2) is 5.78 Å². The van der Waals surface area contributed by atoms with Crippen molar-refractivity contribution in [1.82, 2.24) is 16.0 Å². The number of aliphatic hydroxyl groups is 1. The Morgan fingerprint density at radius 2 is 1.97 bits per heavy atom. The third-order valence-corrected chi connectivity index (χ3v) is 10.4. The monoisotopic (exact) mass is 433 g/mol. The third-order valence-electron chi connectivity index (χ3n) is 10.4. The number of carbonyl (C=O) groups excluding carboxylic acids is 1. The standard InChI is InChI=1S/C25H43N3O3/c1-16-13-26-28(27-16)14-23(30)22-7-6-20-19-5-4-17-12-18(29)8-11-25(17,15-31-3)21(19)9-10-24(20,22)2/h16-22,26-27,29H,4-15H2,1-3H3/t16?,17-,18+,19-,20-,21-,22+,24-,25+/m0/s1. The number of methoxy groups -OCH3 is 1. The molecular weight excluding hydrogens is 390 g/mol. The zero-order valence-electron chi connectivity index (χ0n) is 19.7. The molecule has 1 unspecified atom stereocenters. The van der Waals surface area contributed by atoms with Gasteiger partial charge in [-0.2, -0.15) is 5.12 Å². The minimum absolute atomic E-state index is 0.121. The maximum atomic E-state index is 13.4. The molecule has 4 aliphatic carbocycles. The van der Waals surface area contributed by atoms with Gasteiger partial charge in [-0.15, -0.1) is 0 Å². The molecule has 1 saturated heterocycles. The van der Waals surface area contributed by atoms with Crippen molar-refractivity contribution in [3.8, 4) is 0 Å². The van der Waals surface area contributed by atoms with Gasteiger partial charge in [-0.25, -0.2) is 10.9 Å². The van der Waals surface area contributed by atoms with Crippen LogP contribution in [0.5, 0.6) is 0 Å². The molecule has 0 bridgehead atoms. The molecule has 6 nitrogen and oxygen atoms in total. The predicted molar refractivity (Wildman–Crippen MR) is 120 cm³/mol. The van der Waals surface area contributed by atoms with Gasteiger partial charge in [0.05, 0.1) is 19.3 Å². The van der Waals surface area contributed by atoms with Gasteiger partial charge in [-0.3, -0.25) is 4.79 Å². The molecule has 5 rings (SSSR count). The average molecular weight is 434 g/mol. The lowest BCUT2D eigenvalue weighted by atomic mass is 9.44. The van der Waals surface area contributed by atoms with Crippen LogP contribution in [0.3, 0.4) is 0 Å². The van der Waals surface area contributed by atoms with E-state index in [9.17, 15) is 9.90 Å². The largest absolute Gasteiger partial charge is 0.393 e. The Morgan fingerprint density at radius 1 is 1.13 bits per heavy atom. The summed E-state index contributed by atoms with van der Waals surface area (Å²) in [4.78, 5) is 13.4. The maximum absolute atomic E-state index is 13.4. The predicted octanol–water partition coefficient (Wildman–Crippen LogP) is 2.92. The molecule has 1 heterocycles. The van der Waals surface area contributed by atoms with E-state index in [1.54, 1.807) is 0 Å². The summed E-state index contributed by atoms with van der Waals surface area (Å²) in [6.07, 6.45) is 10.1. The van der Waals surface area contributed by atoms with E-state index in [0.29, 0.717) is 36.1 Å². The van der Waals surface area contributed by atoms with Crippen molar-refractivity contribution in [2.24, 2.45) is 40.4 Å². The average Bonchev–Trinajstić information content (AvgIpc) is 3.30. The van der Waals surface area contributed by atoms with Crippen LogP contribution in [-0.4, -0.2) is 55.0 Å². The van der Waals surface area contributed by atoms with Crippen LogP contribution in [0.4, 0.5) is 0 Å². The van der Waals surface area contributed by atoms with E-state index in [4.69, 9.17) is 4.74 Å². The first-order valence-electron chi connectivity index (χ1n) is 12.8. The molecule has 0 radical (unpaired) electrons. The minimum atomic E-state index is -0.121. The summed E-state index contributed by atoms with van der Waals surface area (Å²) in [6, 6.07) is 0.385. The maximum Gasteiger partial charge on any atom is 0.153 e. The molecule has 0 aromatic carbocycles. The Kier molecular flexibility index (Phi) is 6.00. The highest BCUT2D eigenvalue weighted by Gasteiger charge is 2.62. The zero-order valence-corrected chi connectivity index (χ0v) is 19.7. The Balaban J connectivity index is 1.34. The summed E-state index contributed by atoms with van der Waals surface area (Å²) in [7, 11) is 1.86. The van der Waals surface area contributed by atoms with Gasteiger partial charge in [0.2, 0.25) is 0 Å². The number of nitrogens with zero attached hydrogens (tertiary/aromatic N) is 1. The number of hydrogen-bond acceptors (Lipinski definition) is 6. The van der Waals surface area contributed by atoms with Crippen LogP contribution in [0.1, 0.15) is 71.6 Å². The lowest BCUT2D eigenvalue weighted by Gasteiger charge is -2.61. The first kappa shape index (κ1) is 22.3. The van der Waals surface area contributed by atoms with Crippen molar-refractivity contribution in [3.05, 3.63) is 0 Å². The number of fused-ring (bicyclic) bond motifs is 5. The summed E-state index contributed by atoms with van der Waals surface area (Å²) < 4.78 is 5.85. The van der Waals surface area contributed by atoms with Crippen molar-refractivity contribution < 1.29 is 14.6 Å². The summed E-state index contributed by atoms with van der Waals surface area (Å²) in [6.45, 7) is 6.79. The normalized spacial score (nSPS) is 50.0. The number of carbonyl (C=O) groups is 1.